The van der Waals surface area contributed by atoms with Crippen LogP contribution >= 0.6 is 11.3 Å². The molecule has 1 aliphatic rings. The maximum atomic E-state index is 12.9. The van der Waals surface area contributed by atoms with Gasteiger partial charge in [-0.3, -0.25) is 4.79 Å². The van der Waals surface area contributed by atoms with Crippen molar-refractivity contribution in [3.63, 3.8) is 0 Å². The minimum Gasteiger partial charge on any atom is -0.289 e. The van der Waals surface area contributed by atoms with Crippen molar-refractivity contribution in [3.8, 4) is 17.2 Å². The van der Waals surface area contributed by atoms with Crippen LogP contribution in [0.3, 0.4) is 0 Å². The van der Waals surface area contributed by atoms with E-state index in [1.807, 2.05) is 36.4 Å². The van der Waals surface area contributed by atoms with Gasteiger partial charge in [-0.2, -0.15) is 5.26 Å². The zero-order chi connectivity index (χ0) is 17.4. The lowest BCUT2D eigenvalue weighted by Crippen LogP contribution is -2.20. The van der Waals surface area contributed by atoms with Crippen molar-refractivity contribution in [2.75, 3.05) is 0 Å². The summed E-state index contributed by atoms with van der Waals surface area (Å²) in [5.74, 6) is 0.705. The lowest BCUT2D eigenvalue weighted by atomic mass is 9.86. The standard InChI is InChI=1S/C22H19NOS/c1-2-14-6-8-18-20(11-14)25-21-12-17(7-9-19(21)22(18)24)16-5-3-4-15(10-16)13-23/h3-5,7,9-10,12,14H,2,6,8,11H2,1H3. The maximum absolute atomic E-state index is 12.9. The van der Waals surface area contributed by atoms with E-state index in [0.29, 0.717) is 11.5 Å². The zero-order valence-corrected chi connectivity index (χ0v) is 15.0. The van der Waals surface area contributed by atoms with Crippen LogP contribution < -0.4 is 5.43 Å². The van der Waals surface area contributed by atoms with Crippen LogP contribution in [-0.2, 0) is 12.8 Å². The molecular weight excluding hydrogens is 326 g/mol. The largest absolute Gasteiger partial charge is 0.289 e. The SMILES string of the molecule is CCC1CCc2c(sc3cc(-c4cccc(C#N)c4)ccc3c2=O)C1. The lowest BCUT2D eigenvalue weighted by molar-refractivity contribution is 0.448. The number of nitriles is 1. The first-order valence-corrected chi connectivity index (χ1v) is 9.60. The molecule has 1 aliphatic carbocycles. The molecule has 0 radical (unpaired) electrons. The smallest absolute Gasteiger partial charge is 0.191 e. The Hall–Kier alpha value is -2.44. The highest BCUT2D eigenvalue weighted by Gasteiger charge is 2.21. The van der Waals surface area contributed by atoms with E-state index in [0.717, 1.165) is 46.0 Å². The van der Waals surface area contributed by atoms with Crippen LogP contribution in [0.1, 0.15) is 35.8 Å². The molecule has 2 nitrogen and oxygen atoms in total. The van der Waals surface area contributed by atoms with Crippen LogP contribution in [-0.4, -0.2) is 0 Å². The van der Waals surface area contributed by atoms with E-state index in [1.165, 1.54) is 11.3 Å². The molecule has 1 unspecified atom stereocenters. The zero-order valence-electron chi connectivity index (χ0n) is 14.2. The fourth-order valence-electron chi connectivity index (χ4n) is 3.70. The van der Waals surface area contributed by atoms with Crippen molar-refractivity contribution in [2.45, 2.75) is 32.6 Å². The second-order valence-corrected chi connectivity index (χ2v) is 7.89. The van der Waals surface area contributed by atoms with Crippen molar-refractivity contribution in [1.29, 1.82) is 5.26 Å². The van der Waals surface area contributed by atoms with E-state index in [-0.39, 0.29) is 5.43 Å². The van der Waals surface area contributed by atoms with Crippen molar-refractivity contribution < 1.29 is 0 Å². The second kappa shape index (κ2) is 6.46. The number of nitrogens with zero attached hydrogens (tertiary/aromatic N) is 1. The predicted octanol–water partition coefficient (Wildman–Crippen LogP) is 5.32. The minimum absolute atomic E-state index is 0.218. The Labute approximate surface area is 151 Å². The number of hydrogen-bond donors (Lipinski definition) is 0. The van der Waals surface area contributed by atoms with Crippen LogP contribution in [0.4, 0.5) is 0 Å². The van der Waals surface area contributed by atoms with Gasteiger partial charge in [-0.25, -0.2) is 0 Å². The summed E-state index contributed by atoms with van der Waals surface area (Å²) in [6.07, 6.45) is 4.27. The van der Waals surface area contributed by atoms with Crippen molar-refractivity contribution in [3.05, 3.63) is 68.7 Å². The van der Waals surface area contributed by atoms with Gasteiger partial charge >= 0.3 is 0 Å². The van der Waals surface area contributed by atoms with Crippen LogP contribution in [0.25, 0.3) is 21.2 Å². The number of benzene rings is 2. The second-order valence-electron chi connectivity index (χ2n) is 6.75. The highest BCUT2D eigenvalue weighted by Crippen LogP contribution is 2.33. The summed E-state index contributed by atoms with van der Waals surface area (Å²) >= 11 is 1.78. The van der Waals surface area contributed by atoms with E-state index in [1.54, 1.807) is 11.3 Å². The molecule has 1 aromatic heterocycles. The molecule has 1 atom stereocenters. The molecule has 3 heteroatoms. The topological polar surface area (TPSA) is 40.9 Å². The monoisotopic (exact) mass is 345 g/mol. The fourth-order valence-corrected chi connectivity index (χ4v) is 5.06. The molecule has 1 heterocycles. The average Bonchev–Trinajstić information content (AvgIpc) is 2.67. The Kier molecular flexibility index (Phi) is 4.15. The maximum Gasteiger partial charge on any atom is 0.191 e. The molecule has 0 bridgehead atoms. The summed E-state index contributed by atoms with van der Waals surface area (Å²) in [5.41, 5.74) is 3.99. The minimum atomic E-state index is 0.218. The van der Waals surface area contributed by atoms with Gasteiger partial charge in [-0.15, -0.1) is 11.3 Å². The predicted molar refractivity (Wildman–Crippen MR) is 104 cm³/mol. The van der Waals surface area contributed by atoms with Gasteiger partial charge in [-0.1, -0.05) is 31.5 Å². The summed E-state index contributed by atoms with van der Waals surface area (Å²) < 4.78 is 1.06. The third-order valence-corrected chi connectivity index (χ3v) is 6.47. The molecule has 2 aromatic carbocycles. The number of hydrogen-bond acceptors (Lipinski definition) is 3. The summed E-state index contributed by atoms with van der Waals surface area (Å²) in [6.45, 7) is 2.24. The fraction of sp³-hybridized carbons (Fsp3) is 0.273. The molecule has 0 amide bonds. The Bertz CT molecular complexity index is 1060. The molecule has 0 spiro atoms. The molecule has 0 saturated heterocycles. The molecular formula is C22H19NOS. The van der Waals surface area contributed by atoms with Crippen molar-refractivity contribution in [1.82, 2.24) is 0 Å². The first-order valence-electron chi connectivity index (χ1n) is 8.78. The van der Waals surface area contributed by atoms with Gasteiger partial charge in [0.2, 0.25) is 0 Å². The molecule has 4 rings (SSSR count). The van der Waals surface area contributed by atoms with E-state index >= 15 is 0 Å². The molecule has 124 valence electrons. The summed E-state index contributed by atoms with van der Waals surface area (Å²) in [4.78, 5) is 14.2. The average molecular weight is 345 g/mol. The van der Waals surface area contributed by atoms with Gasteiger partial charge in [0.25, 0.3) is 0 Å². The summed E-state index contributed by atoms with van der Waals surface area (Å²) in [7, 11) is 0. The van der Waals surface area contributed by atoms with Crippen molar-refractivity contribution in [2.24, 2.45) is 5.92 Å². The third kappa shape index (κ3) is 2.88. The van der Waals surface area contributed by atoms with Gasteiger partial charge in [0.15, 0.2) is 5.43 Å². The molecule has 3 aromatic rings. The molecule has 0 aliphatic heterocycles. The lowest BCUT2D eigenvalue weighted by Gasteiger charge is -2.22. The summed E-state index contributed by atoms with van der Waals surface area (Å²) in [6, 6.07) is 15.9. The first-order chi connectivity index (χ1) is 12.2. The molecule has 0 N–H and O–H groups in total. The van der Waals surface area contributed by atoms with E-state index in [4.69, 9.17) is 5.26 Å². The first kappa shape index (κ1) is 16.1. The number of fused-ring (bicyclic) bond motifs is 2. The molecule has 0 fully saturated rings. The highest BCUT2D eigenvalue weighted by molar-refractivity contribution is 7.18. The van der Waals surface area contributed by atoms with Crippen LogP contribution in [0.5, 0.6) is 0 Å². The van der Waals surface area contributed by atoms with Crippen LogP contribution in [0.2, 0.25) is 0 Å². The quantitative estimate of drug-likeness (QED) is 0.631. The number of rotatable bonds is 2. The van der Waals surface area contributed by atoms with Gasteiger partial charge in [0, 0.05) is 20.5 Å². The third-order valence-electron chi connectivity index (χ3n) is 5.25. The Morgan fingerprint density at radius 3 is 2.84 bits per heavy atom. The normalized spacial score (nSPS) is 16.4. The van der Waals surface area contributed by atoms with Gasteiger partial charge in [0.1, 0.15) is 0 Å². The highest BCUT2D eigenvalue weighted by atomic mass is 32.1. The Morgan fingerprint density at radius 2 is 2.04 bits per heavy atom. The Morgan fingerprint density at radius 1 is 1.20 bits per heavy atom. The van der Waals surface area contributed by atoms with Crippen LogP contribution in [0, 0.1) is 17.2 Å². The van der Waals surface area contributed by atoms with Crippen LogP contribution in [0.15, 0.2) is 47.3 Å². The molecule has 0 saturated carbocycles. The van der Waals surface area contributed by atoms with Crippen molar-refractivity contribution >= 4 is 21.4 Å². The van der Waals surface area contributed by atoms with E-state index < -0.39 is 0 Å². The van der Waals surface area contributed by atoms with Gasteiger partial charge in [0.05, 0.1) is 11.6 Å². The van der Waals surface area contributed by atoms with E-state index in [9.17, 15) is 4.79 Å². The molecule has 25 heavy (non-hydrogen) atoms. The Balaban J connectivity index is 1.86. The van der Waals surface area contributed by atoms with Gasteiger partial charge < -0.3 is 0 Å². The summed E-state index contributed by atoms with van der Waals surface area (Å²) in [5, 5.41) is 9.94. The van der Waals surface area contributed by atoms with Gasteiger partial charge in [-0.05, 0) is 60.6 Å². The van der Waals surface area contributed by atoms with E-state index in [2.05, 4.69) is 19.1 Å².